The van der Waals surface area contributed by atoms with E-state index in [2.05, 4.69) is 29.6 Å². The SMILES string of the molecule is O=C(COc1ccc(C2SCCS2)cc1)NCCCc1ccccc1. The first-order valence-electron chi connectivity index (χ1n) is 8.58. The van der Waals surface area contributed by atoms with Gasteiger partial charge in [0.1, 0.15) is 5.75 Å². The number of thioether (sulfide) groups is 2. The number of ether oxygens (including phenoxy) is 1. The summed E-state index contributed by atoms with van der Waals surface area (Å²) in [6.45, 7) is 0.740. The van der Waals surface area contributed by atoms with Gasteiger partial charge in [0, 0.05) is 18.1 Å². The molecule has 132 valence electrons. The molecule has 2 aromatic carbocycles. The lowest BCUT2D eigenvalue weighted by atomic mass is 10.1. The number of carbonyl (C=O) groups is 1. The normalized spacial score (nSPS) is 14.4. The van der Waals surface area contributed by atoms with E-state index in [-0.39, 0.29) is 12.5 Å². The Morgan fingerprint density at radius 2 is 1.76 bits per heavy atom. The molecule has 3 rings (SSSR count). The Labute approximate surface area is 157 Å². The predicted molar refractivity (Wildman–Crippen MR) is 107 cm³/mol. The zero-order valence-electron chi connectivity index (χ0n) is 14.1. The molecule has 5 heteroatoms. The molecule has 0 unspecified atom stereocenters. The quantitative estimate of drug-likeness (QED) is 0.701. The summed E-state index contributed by atoms with van der Waals surface area (Å²) in [4.78, 5) is 11.9. The van der Waals surface area contributed by atoms with E-state index >= 15 is 0 Å². The number of rotatable bonds is 8. The van der Waals surface area contributed by atoms with Crippen LogP contribution in [-0.4, -0.2) is 30.6 Å². The van der Waals surface area contributed by atoms with Crippen LogP contribution >= 0.6 is 23.5 Å². The molecule has 1 aliphatic rings. The molecule has 0 aromatic heterocycles. The minimum absolute atomic E-state index is 0.0671. The first kappa shape index (κ1) is 18.2. The summed E-state index contributed by atoms with van der Waals surface area (Å²) in [6, 6.07) is 18.4. The van der Waals surface area contributed by atoms with Crippen LogP contribution in [0, 0.1) is 0 Å². The number of aryl methyl sites for hydroxylation is 1. The molecule has 0 bridgehead atoms. The van der Waals surface area contributed by atoms with Crippen LogP contribution in [0.2, 0.25) is 0 Å². The molecule has 3 nitrogen and oxygen atoms in total. The standard InChI is InChI=1S/C20H23NO2S2/c22-19(21-12-4-7-16-5-2-1-3-6-16)15-23-18-10-8-17(9-11-18)20-24-13-14-25-20/h1-3,5-6,8-11,20H,4,7,12-15H2,(H,21,22). The zero-order chi connectivity index (χ0) is 17.3. The minimum Gasteiger partial charge on any atom is -0.484 e. The Morgan fingerprint density at radius 3 is 2.48 bits per heavy atom. The van der Waals surface area contributed by atoms with E-state index in [0.29, 0.717) is 11.1 Å². The van der Waals surface area contributed by atoms with Gasteiger partial charge in [-0.25, -0.2) is 0 Å². The fraction of sp³-hybridized carbons (Fsp3) is 0.350. The third-order valence-electron chi connectivity index (χ3n) is 3.95. The summed E-state index contributed by atoms with van der Waals surface area (Å²) in [7, 11) is 0. The molecule has 1 heterocycles. The Morgan fingerprint density at radius 1 is 1.04 bits per heavy atom. The summed E-state index contributed by atoms with van der Waals surface area (Å²) >= 11 is 3.97. The molecule has 1 amide bonds. The monoisotopic (exact) mass is 373 g/mol. The third-order valence-corrected chi connectivity index (χ3v) is 7.06. The number of benzene rings is 2. The van der Waals surface area contributed by atoms with Gasteiger partial charge in [0.25, 0.3) is 5.91 Å². The van der Waals surface area contributed by atoms with Gasteiger partial charge in [-0.3, -0.25) is 4.79 Å². The van der Waals surface area contributed by atoms with Crippen molar-refractivity contribution in [2.45, 2.75) is 17.4 Å². The second-order valence-electron chi connectivity index (χ2n) is 5.87. The molecule has 1 aliphatic heterocycles. The van der Waals surface area contributed by atoms with Crippen molar-refractivity contribution in [1.82, 2.24) is 5.32 Å². The summed E-state index contributed by atoms with van der Waals surface area (Å²) in [5.74, 6) is 3.12. The van der Waals surface area contributed by atoms with Gasteiger partial charge in [-0.05, 0) is 36.1 Å². The zero-order valence-corrected chi connectivity index (χ0v) is 15.8. The van der Waals surface area contributed by atoms with Crippen LogP contribution in [-0.2, 0) is 11.2 Å². The van der Waals surface area contributed by atoms with Gasteiger partial charge in [0.15, 0.2) is 6.61 Å². The lowest BCUT2D eigenvalue weighted by molar-refractivity contribution is -0.123. The summed E-state index contributed by atoms with van der Waals surface area (Å²) in [5, 5.41) is 2.91. The van der Waals surface area contributed by atoms with Crippen LogP contribution in [0.4, 0.5) is 0 Å². The fourth-order valence-electron chi connectivity index (χ4n) is 2.64. The smallest absolute Gasteiger partial charge is 0.257 e. The van der Waals surface area contributed by atoms with Gasteiger partial charge < -0.3 is 10.1 Å². The van der Waals surface area contributed by atoms with Crippen molar-refractivity contribution in [1.29, 1.82) is 0 Å². The van der Waals surface area contributed by atoms with Gasteiger partial charge >= 0.3 is 0 Å². The Bertz CT molecular complexity index is 655. The number of nitrogens with one attached hydrogen (secondary N) is 1. The minimum atomic E-state index is -0.0703. The second kappa shape index (κ2) is 9.78. The van der Waals surface area contributed by atoms with E-state index in [1.54, 1.807) is 0 Å². The van der Waals surface area contributed by atoms with Gasteiger partial charge in [-0.1, -0.05) is 42.5 Å². The van der Waals surface area contributed by atoms with Crippen LogP contribution < -0.4 is 10.1 Å². The molecule has 0 saturated carbocycles. The van der Waals surface area contributed by atoms with Crippen molar-refractivity contribution in [3.05, 3.63) is 65.7 Å². The predicted octanol–water partition coefficient (Wildman–Crippen LogP) is 4.29. The van der Waals surface area contributed by atoms with Crippen molar-refractivity contribution in [3.63, 3.8) is 0 Å². The van der Waals surface area contributed by atoms with Crippen molar-refractivity contribution in [3.8, 4) is 5.75 Å². The molecule has 1 saturated heterocycles. The van der Waals surface area contributed by atoms with Gasteiger partial charge in [-0.15, -0.1) is 23.5 Å². The van der Waals surface area contributed by atoms with Crippen LogP contribution in [0.3, 0.4) is 0 Å². The summed E-state index contributed by atoms with van der Waals surface area (Å²) in [5.41, 5.74) is 2.62. The summed E-state index contributed by atoms with van der Waals surface area (Å²) in [6.07, 6.45) is 1.90. The van der Waals surface area contributed by atoms with Crippen molar-refractivity contribution < 1.29 is 9.53 Å². The molecular formula is C20H23NO2S2. The van der Waals surface area contributed by atoms with Crippen molar-refractivity contribution in [2.24, 2.45) is 0 Å². The van der Waals surface area contributed by atoms with Crippen molar-refractivity contribution >= 4 is 29.4 Å². The number of hydrogen-bond acceptors (Lipinski definition) is 4. The third kappa shape index (κ3) is 6.01. The maximum absolute atomic E-state index is 11.9. The number of hydrogen-bond donors (Lipinski definition) is 1. The van der Waals surface area contributed by atoms with E-state index < -0.39 is 0 Å². The molecule has 25 heavy (non-hydrogen) atoms. The van der Waals surface area contributed by atoms with Crippen LogP contribution in [0.1, 0.15) is 22.1 Å². The molecular weight excluding hydrogens is 350 g/mol. The Hall–Kier alpha value is -1.59. The highest BCUT2D eigenvalue weighted by atomic mass is 32.2. The van der Waals surface area contributed by atoms with Crippen molar-refractivity contribution in [2.75, 3.05) is 24.7 Å². The first-order valence-corrected chi connectivity index (χ1v) is 10.7. The highest BCUT2D eigenvalue weighted by molar-refractivity contribution is 8.19. The number of carbonyl (C=O) groups excluding carboxylic acids is 1. The first-order chi connectivity index (χ1) is 12.3. The van der Waals surface area contributed by atoms with E-state index in [4.69, 9.17) is 4.74 Å². The fourth-order valence-corrected chi connectivity index (χ4v) is 5.50. The molecule has 0 spiro atoms. The second-order valence-corrected chi connectivity index (χ2v) is 8.59. The highest BCUT2D eigenvalue weighted by Gasteiger charge is 2.17. The van der Waals surface area contributed by atoms with Gasteiger partial charge in [0.2, 0.25) is 0 Å². The lowest BCUT2D eigenvalue weighted by Gasteiger charge is -2.10. The largest absolute Gasteiger partial charge is 0.484 e. The molecule has 0 aliphatic carbocycles. The molecule has 2 aromatic rings. The van der Waals surface area contributed by atoms with Gasteiger partial charge in [-0.2, -0.15) is 0 Å². The van der Waals surface area contributed by atoms with Crippen LogP contribution in [0.15, 0.2) is 54.6 Å². The van der Waals surface area contributed by atoms with E-state index in [0.717, 1.165) is 18.6 Å². The van der Waals surface area contributed by atoms with E-state index in [1.165, 1.54) is 22.6 Å². The topological polar surface area (TPSA) is 38.3 Å². The molecule has 1 N–H and O–H groups in total. The average Bonchev–Trinajstić information content (AvgIpc) is 3.20. The molecule has 0 atom stereocenters. The van der Waals surface area contributed by atoms with E-state index in [1.807, 2.05) is 53.9 Å². The number of amides is 1. The lowest BCUT2D eigenvalue weighted by Crippen LogP contribution is -2.29. The van der Waals surface area contributed by atoms with Crippen LogP contribution in [0.5, 0.6) is 5.75 Å². The Kier molecular flexibility index (Phi) is 7.12. The van der Waals surface area contributed by atoms with E-state index in [9.17, 15) is 4.79 Å². The van der Waals surface area contributed by atoms with Gasteiger partial charge in [0.05, 0.1) is 4.58 Å². The molecule has 0 radical (unpaired) electrons. The molecule has 1 fully saturated rings. The Balaban J connectivity index is 1.33. The maximum atomic E-state index is 11.9. The van der Waals surface area contributed by atoms with Crippen LogP contribution in [0.25, 0.3) is 0 Å². The highest BCUT2D eigenvalue weighted by Crippen LogP contribution is 2.45. The maximum Gasteiger partial charge on any atom is 0.257 e. The summed E-state index contributed by atoms with van der Waals surface area (Å²) < 4.78 is 6.12. The average molecular weight is 374 g/mol.